The highest BCUT2D eigenvalue weighted by Crippen LogP contribution is 2.33. The predicted octanol–water partition coefficient (Wildman–Crippen LogP) is 4.46. The molecule has 0 saturated carbocycles. The first-order valence-electron chi connectivity index (χ1n) is 9.30. The summed E-state index contributed by atoms with van der Waals surface area (Å²) in [4.78, 5) is 12.6. The van der Waals surface area contributed by atoms with Crippen molar-refractivity contribution >= 4 is 17.5 Å². The molecule has 3 unspecified atom stereocenters. The first kappa shape index (κ1) is 17.8. The van der Waals surface area contributed by atoms with Crippen LogP contribution in [0.5, 0.6) is 0 Å². The number of carbonyl (C=O) groups is 1. The molecule has 2 saturated heterocycles. The molecule has 2 aliphatic rings. The summed E-state index contributed by atoms with van der Waals surface area (Å²) in [5.41, 5.74) is 1.15. The Bertz CT molecular complexity index is 545. The highest BCUT2D eigenvalue weighted by Gasteiger charge is 2.34. The molecule has 0 radical (unpaired) electrons. The first-order valence-corrected chi connectivity index (χ1v) is 9.68. The molecule has 3 nitrogen and oxygen atoms in total. The molecule has 1 aromatic rings. The summed E-state index contributed by atoms with van der Waals surface area (Å²) >= 11 is 6.00. The minimum absolute atomic E-state index is 0.0770. The van der Waals surface area contributed by atoms with Crippen molar-refractivity contribution in [1.82, 2.24) is 10.6 Å². The van der Waals surface area contributed by atoms with E-state index in [2.05, 4.69) is 24.5 Å². The second-order valence-electron chi connectivity index (χ2n) is 7.98. The van der Waals surface area contributed by atoms with E-state index >= 15 is 0 Å². The fraction of sp³-hybridized carbons (Fsp3) is 0.650. The fourth-order valence-corrected chi connectivity index (χ4v) is 4.43. The molecule has 132 valence electrons. The van der Waals surface area contributed by atoms with Crippen molar-refractivity contribution in [2.24, 2.45) is 11.8 Å². The van der Waals surface area contributed by atoms with Gasteiger partial charge in [0.25, 0.3) is 0 Å². The Labute approximate surface area is 150 Å². The number of fused-ring (bicyclic) bond motifs is 2. The Morgan fingerprint density at radius 1 is 1.21 bits per heavy atom. The lowest BCUT2D eigenvalue weighted by molar-refractivity contribution is -0.123. The van der Waals surface area contributed by atoms with Gasteiger partial charge in [0, 0.05) is 23.5 Å². The molecule has 2 N–H and O–H groups in total. The van der Waals surface area contributed by atoms with Gasteiger partial charge in [0.1, 0.15) is 0 Å². The van der Waals surface area contributed by atoms with Gasteiger partial charge in [-0.25, -0.2) is 0 Å². The number of benzene rings is 1. The van der Waals surface area contributed by atoms with Gasteiger partial charge < -0.3 is 10.6 Å². The zero-order chi connectivity index (χ0) is 17.1. The molecule has 2 fully saturated rings. The summed E-state index contributed by atoms with van der Waals surface area (Å²) in [7, 11) is 0. The second-order valence-corrected chi connectivity index (χ2v) is 8.42. The molecule has 4 heteroatoms. The van der Waals surface area contributed by atoms with E-state index in [1.165, 1.54) is 12.8 Å². The van der Waals surface area contributed by atoms with Crippen LogP contribution in [0.25, 0.3) is 0 Å². The van der Waals surface area contributed by atoms with Gasteiger partial charge in [0.2, 0.25) is 5.91 Å². The SMILES string of the molecule is CC(C)CC(NC(=O)CC1CC2CCC(C1)N2)c1ccc(Cl)cc1. The number of nitrogens with one attached hydrogen (secondary N) is 2. The highest BCUT2D eigenvalue weighted by molar-refractivity contribution is 6.30. The summed E-state index contributed by atoms with van der Waals surface area (Å²) in [5, 5.41) is 7.66. The Balaban J connectivity index is 1.59. The number of hydrogen-bond acceptors (Lipinski definition) is 2. The summed E-state index contributed by atoms with van der Waals surface area (Å²) in [5.74, 6) is 1.26. The average molecular weight is 349 g/mol. The van der Waals surface area contributed by atoms with Crippen molar-refractivity contribution in [3.8, 4) is 0 Å². The zero-order valence-corrected chi connectivity index (χ0v) is 15.5. The topological polar surface area (TPSA) is 41.1 Å². The Kier molecular flexibility index (Phi) is 5.83. The van der Waals surface area contributed by atoms with Crippen molar-refractivity contribution in [2.45, 2.75) is 70.5 Å². The monoisotopic (exact) mass is 348 g/mol. The smallest absolute Gasteiger partial charge is 0.220 e. The highest BCUT2D eigenvalue weighted by atomic mass is 35.5. The average Bonchev–Trinajstić information content (AvgIpc) is 2.85. The molecular formula is C20H29ClN2O. The summed E-state index contributed by atoms with van der Waals surface area (Å²) in [6.45, 7) is 4.39. The van der Waals surface area contributed by atoms with Gasteiger partial charge in [-0.15, -0.1) is 0 Å². The van der Waals surface area contributed by atoms with E-state index in [0.717, 1.165) is 29.8 Å². The van der Waals surface area contributed by atoms with E-state index in [4.69, 9.17) is 11.6 Å². The van der Waals surface area contributed by atoms with E-state index in [1.54, 1.807) is 0 Å². The lowest BCUT2D eigenvalue weighted by Crippen LogP contribution is -2.40. The van der Waals surface area contributed by atoms with Crippen LogP contribution in [-0.2, 0) is 4.79 Å². The van der Waals surface area contributed by atoms with Crippen molar-refractivity contribution in [3.63, 3.8) is 0 Å². The number of amides is 1. The normalized spacial score (nSPS) is 27.2. The number of halogens is 1. The van der Waals surface area contributed by atoms with Gasteiger partial charge in [0.05, 0.1) is 6.04 Å². The number of rotatable bonds is 6. The Morgan fingerprint density at radius 2 is 1.83 bits per heavy atom. The maximum atomic E-state index is 12.6. The maximum Gasteiger partial charge on any atom is 0.220 e. The van der Waals surface area contributed by atoms with Gasteiger partial charge in [-0.2, -0.15) is 0 Å². The van der Waals surface area contributed by atoms with E-state index in [9.17, 15) is 4.79 Å². The molecule has 1 aromatic carbocycles. The van der Waals surface area contributed by atoms with Gasteiger partial charge in [-0.3, -0.25) is 4.79 Å². The van der Waals surface area contributed by atoms with Crippen molar-refractivity contribution < 1.29 is 4.79 Å². The number of hydrogen-bond donors (Lipinski definition) is 2. The van der Waals surface area contributed by atoms with Crippen molar-refractivity contribution in [1.29, 1.82) is 0 Å². The lowest BCUT2D eigenvalue weighted by atomic mass is 9.89. The van der Waals surface area contributed by atoms with Crippen LogP contribution in [0.3, 0.4) is 0 Å². The minimum atomic E-state index is 0.0770. The van der Waals surface area contributed by atoms with Crippen LogP contribution in [0.4, 0.5) is 0 Å². The van der Waals surface area contributed by atoms with Gasteiger partial charge in [-0.1, -0.05) is 37.6 Å². The summed E-state index contributed by atoms with van der Waals surface area (Å²) in [6.07, 6.45) is 6.48. The zero-order valence-electron chi connectivity index (χ0n) is 14.7. The molecular weight excluding hydrogens is 320 g/mol. The predicted molar refractivity (Wildman–Crippen MR) is 99.1 cm³/mol. The third kappa shape index (κ3) is 4.73. The van der Waals surface area contributed by atoms with Crippen LogP contribution >= 0.6 is 11.6 Å². The van der Waals surface area contributed by atoms with Crippen molar-refractivity contribution in [3.05, 3.63) is 34.9 Å². The molecule has 2 bridgehead atoms. The molecule has 0 spiro atoms. The largest absolute Gasteiger partial charge is 0.349 e. The Hall–Kier alpha value is -1.06. The quantitative estimate of drug-likeness (QED) is 0.796. The third-order valence-corrected chi connectivity index (χ3v) is 5.61. The van der Waals surface area contributed by atoms with Crippen LogP contribution < -0.4 is 10.6 Å². The van der Waals surface area contributed by atoms with E-state index in [-0.39, 0.29) is 11.9 Å². The molecule has 0 aliphatic carbocycles. The van der Waals surface area contributed by atoms with Crippen LogP contribution in [0.2, 0.25) is 5.02 Å². The van der Waals surface area contributed by atoms with Crippen LogP contribution in [0.1, 0.15) is 64.0 Å². The number of carbonyl (C=O) groups excluding carboxylic acids is 1. The van der Waals surface area contributed by atoms with Crippen LogP contribution in [0.15, 0.2) is 24.3 Å². The van der Waals surface area contributed by atoms with Gasteiger partial charge in [-0.05, 0) is 61.6 Å². The van der Waals surface area contributed by atoms with Gasteiger partial charge >= 0.3 is 0 Å². The molecule has 2 aliphatic heterocycles. The molecule has 0 aromatic heterocycles. The first-order chi connectivity index (χ1) is 11.5. The van der Waals surface area contributed by atoms with E-state index in [0.29, 0.717) is 30.3 Å². The molecule has 1 amide bonds. The minimum Gasteiger partial charge on any atom is -0.349 e. The fourth-order valence-electron chi connectivity index (χ4n) is 4.30. The van der Waals surface area contributed by atoms with E-state index in [1.807, 2.05) is 24.3 Å². The molecule has 24 heavy (non-hydrogen) atoms. The summed E-state index contributed by atoms with van der Waals surface area (Å²) in [6, 6.07) is 9.23. The van der Waals surface area contributed by atoms with E-state index < -0.39 is 0 Å². The van der Waals surface area contributed by atoms with Gasteiger partial charge in [0.15, 0.2) is 0 Å². The second kappa shape index (κ2) is 7.88. The lowest BCUT2D eigenvalue weighted by Gasteiger charge is -2.29. The van der Waals surface area contributed by atoms with Crippen molar-refractivity contribution in [2.75, 3.05) is 0 Å². The standard InChI is InChI=1S/C20H29ClN2O/c1-13(2)9-19(15-3-5-16(21)6-4-15)23-20(24)12-14-10-17-7-8-18(11-14)22-17/h3-6,13-14,17-19,22H,7-12H2,1-2H3,(H,23,24). The third-order valence-electron chi connectivity index (χ3n) is 5.36. The Morgan fingerprint density at radius 3 is 2.42 bits per heavy atom. The molecule has 2 heterocycles. The maximum absolute atomic E-state index is 12.6. The van der Waals surface area contributed by atoms with Crippen LogP contribution in [-0.4, -0.2) is 18.0 Å². The van der Waals surface area contributed by atoms with Crippen LogP contribution in [0, 0.1) is 11.8 Å². The molecule has 3 atom stereocenters. The summed E-state index contributed by atoms with van der Waals surface area (Å²) < 4.78 is 0. The molecule has 3 rings (SSSR count). The number of piperidine rings is 1.